The summed E-state index contributed by atoms with van der Waals surface area (Å²) in [6.45, 7) is 9.87. The molecule has 2 rings (SSSR count). The highest BCUT2D eigenvalue weighted by molar-refractivity contribution is 5.56. The molecule has 4 heteroatoms. The van der Waals surface area contributed by atoms with Crippen LogP contribution in [-0.2, 0) is 0 Å². The van der Waals surface area contributed by atoms with Crippen LogP contribution in [0, 0.1) is 18.8 Å². The first-order valence-corrected chi connectivity index (χ1v) is 7.45. The molecule has 0 radical (unpaired) electrons. The van der Waals surface area contributed by atoms with Gasteiger partial charge in [0.05, 0.1) is 0 Å². The molecule has 1 fully saturated rings. The first kappa shape index (κ1) is 14.1. The van der Waals surface area contributed by atoms with Crippen LogP contribution in [0.25, 0.3) is 0 Å². The van der Waals surface area contributed by atoms with Gasteiger partial charge >= 0.3 is 0 Å². The van der Waals surface area contributed by atoms with E-state index in [2.05, 4.69) is 48.3 Å². The average Bonchev–Trinajstić information content (AvgIpc) is 2.72. The monoisotopic (exact) mass is 262 g/mol. The molecule has 2 N–H and O–H groups in total. The molecule has 1 aliphatic carbocycles. The van der Waals surface area contributed by atoms with Crippen molar-refractivity contribution in [3.8, 4) is 0 Å². The maximum atomic E-state index is 4.41. The molecule has 0 aromatic carbocycles. The van der Waals surface area contributed by atoms with E-state index < -0.39 is 0 Å². The smallest absolute Gasteiger partial charge is 0.134 e. The molecular weight excluding hydrogens is 236 g/mol. The summed E-state index contributed by atoms with van der Waals surface area (Å²) < 4.78 is 0. The Morgan fingerprint density at radius 2 is 1.95 bits per heavy atom. The maximum Gasteiger partial charge on any atom is 0.134 e. The minimum Gasteiger partial charge on any atom is -0.370 e. The maximum absolute atomic E-state index is 4.41. The second kappa shape index (κ2) is 6.22. The molecule has 0 amide bonds. The van der Waals surface area contributed by atoms with Gasteiger partial charge in [-0.25, -0.2) is 9.97 Å². The molecule has 1 heterocycles. The third-order valence-corrected chi connectivity index (χ3v) is 4.41. The van der Waals surface area contributed by atoms with Gasteiger partial charge in [0.1, 0.15) is 18.0 Å². The van der Waals surface area contributed by atoms with E-state index in [4.69, 9.17) is 0 Å². The van der Waals surface area contributed by atoms with Gasteiger partial charge < -0.3 is 10.6 Å². The second-order valence-electron chi connectivity index (χ2n) is 5.79. The van der Waals surface area contributed by atoms with E-state index in [1.54, 1.807) is 6.33 Å². The summed E-state index contributed by atoms with van der Waals surface area (Å²) in [4.78, 5) is 8.73. The van der Waals surface area contributed by atoms with Gasteiger partial charge in [-0.15, -0.1) is 0 Å². The SMILES string of the molecule is CCCNc1ncnc(NC2CCC(C)C2C)c1C. The molecule has 1 aromatic heterocycles. The second-order valence-corrected chi connectivity index (χ2v) is 5.79. The Kier molecular flexibility index (Phi) is 4.61. The van der Waals surface area contributed by atoms with Crippen molar-refractivity contribution in [2.75, 3.05) is 17.2 Å². The number of nitrogens with one attached hydrogen (secondary N) is 2. The lowest BCUT2D eigenvalue weighted by Gasteiger charge is -2.21. The zero-order valence-corrected chi connectivity index (χ0v) is 12.5. The van der Waals surface area contributed by atoms with Crippen LogP contribution in [0.15, 0.2) is 6.33 Å². The van der Waals surface area contributed by atoms with Gasteiger partial charge in [0.2, 0.25) is 0 Å². The summed E-state index contributed by atoms with van der Waals surface area (Å²) in [7, 11) is 0. The van der Waals surface area contributed by atoms with Crippen LogP contribution in [0.3, 0.4) is 0 Å². The summed E-state index contributed by atoms with van der Waals surface area (Å²) in [5.41, 5.74) is 1.13. The lowest BCUT2D eigenvalue weighted by molar-refractivity contribution is 0.435. The van der Waals surface area contributed by atoms with E-state index in [1.807, 2.05) is 0 Å². The highest BCUT2D eigenvalue weighted by Gasteiger charge is 2.30. The Balaban J connectivity index is 2.08. The van der Waals surface area contributed by atoms with Gasteiger partial charge in [0.25, 0.3) is 0 Å². The van der Waals surface area contributed by atoms with Crippen molar-refractivity contribution in [1.29, 1.82) is 0 Å². The lowest BCUT2D eigenvalue weighted by Crippen LogP contribution is -2.25. The minimum atomic E-state index is 0.544. The molecule has 106 valence electrons. The van der Waals surface area contributed by atoms with Gasteiger partial charge in [-0.3, -0.25) is 0 Å². The summed E-state index contributed by atoms with van der Waals surface area (Å²) in [6, 6.07) is 0.544. The number of hydrogen-bond acceptors (Lipinski definition) is 4. The molecule has 0 saturated heterocycles. The fourth-order valence-corrected chi connectivity index (χ4v) is 2.76. The Hall–Kier alpha value is -1.32. The van der Waals surface area contributed by atoms with Crippen LogP contribution in [0.1, 0.15) is 45.6 Å². The van der Waals surface area contributed by atoms with Gasteiger partial charge in [-0.05, 0) is 38.0 Å². The number of nitrogens with zero attached hydrogens (tertiary/aromatic N) is 2. The van der Waals surface area contributed by atoms with Crippen molar-refractivity contribution in [2.45, 2.75) is 53.0 Å². The van der Waals surface area contributed by atoms with Crippen molar-refractivity contribution in [2.24, 2.45) is 11.8 Å². The van der Waals surface area contributed by atoms with Crippen LogP contribution in [0.4, 0.5) is 11.6 Å². The highest BCUT2D eigenvalue weighted by atomic mass is 15.1. The van der Waals surface area contributed by atoms with Crippen LogP contribution in [0.5, 0.6) is 0 Å². The molecule has 0 aliphatic heterocycles. The van der Waals surface area contributed by atoms with Crippen LogP contribution in [0.2, 0.25) is 0 Å². The van der Waals surface area contributed by atoms with E-state index >= 15 is 0 Å². The minimum absolute atomic E-state index is 0.544. The van der Waals surface area contributed by atoms with E-state index in [-0.39, 0.29) is 0 Å². The molecule has 1 aliphatic rings. The van der Waals surface area contributed by atoms with Gasteiger partial charge in [-0.2, -0.15) is 0 Å². The molecule has 1 saturated carbocycles. The largest absolute Gasteiger partial charge is 0.370 e. The normalized spacial score (nSPS) is 26.4. The summed E-state index contributed by atoms with van der Waals surface area (Å²) in [6.07, 6.45) is 5.30. The third kappa shape index (κ3) is 3.17. The first-order valence-electron chi connectivity index (χ1n) is 7.45. The van der Waals surface area contributed by atoms with Gasteiger partial charge in [0, 0.05) is 18.2 Å². The van der Waals surface area contributed by atoms with Gasteiger partial charge in [-0.1, -0.05) is 20.8 Å². The lowest BCUT2D eigenvalue weighted by atomic mass is 9.98. The zero-order valence-electron chi connectivity index (χ0n) is 12.5. The van der Waals surface area contributed by atoms with Crippen molar-refractivity contribution in [3.63, 3.8) is 0 Å². The summed E-state index contributed by atoms with van der Waals surface area (Å²) in [5, 5.41) is 6.97. The fraction of sp³-hybridized carbons (Fsp3) is 0.733. The summed E-state index contributed by atoms with van der Waals surface area (Å²) in [5.74, 6) is 3.45. The molecule has 4 nitrogen and oxygen atoms in total. The molecule has 3 atom stereocenters. The Morgan fingerprint density at radius 1 is 1.21 bits per heavy atom. The van der Waals surface area contributed by atoms with E-state index in [1.165, 1.54) is 12.8 Å². The first-order chi connectivity index (χ1) is 9.13. The number of hydrogen-bond donors (Lipinski definition) is 2. The van der Waals surface area contributed by atoms with E-state index in [0.717, 1.165) is 36.1 Å². The predicted molar refractivity (Wildman–Crippen MR) is 80.5 cm³/mol. The Bertz CT molecular complexity index is 419. The van der Waals surface area contributed by atoms with Crippen molar-refractivity contribution in [1.82, 2.24) is 9.97 Å². The standard InChI is InChI=1S/C15H26N4/c1-5-8-16-14-12(4)15(18-9-17-14)19-13-7-6-10(2)11(13)3/h9-11,13H,5-8H2,1-4H3,(H2,16,17,18,19). The quantitative estimate of drug-likeness (QED) is 0.853. The highest BCUT2D eigenvalue weighted by Crippen LogP contribution is 2.33. The number of rotatable bonds is 5. The molecule has 19 heavy (non-hydrogen) atoms. The molecule has 0 spiro atoms. The van der Waals surface area contributed by atoms with Crippen LogP contribution in [-0.4, -0.2) is 22.6 Å². The molecular formula is C15H26N4. The van der Waals surface area contributed by atoms with E-state index in [9.17, 15) is 0 Å². The van der Waals surface area contributed by atoms with Gasteiger partial charge in [0.15, 0.2) is 0 Å². The summed E-state index contributed by atoms with van der Waals surface area (Å²) >= 11 is 0. The average molecular weight is 262 g/mol. The molecule has 1 aromatic rings. The topological polar surface area (TPSA) is 49.8 Å². The zero-order chi connectivity index (χ0) is 13.8. The van der Waals surface area contributed by atoms with Crippen molar-refractivity contribution < 1.29 is 0 Å². The molecule has 3 unspecified atom stereocenters. The van der Waals surface area contributed by atoms with E-state index in [0.29, 0.717) is 12.0 Å². The third-order valence-electron chi connectivity index (χ3n) is 4.41. The van der Waals surface area contributed by atoms with Crippen molar-refractivity contribution >= 4 is 11.6 Å². The van der Waals surface area contributed by atoms with Crippen LogP contribution >= 0.6 is 0 Å². The number of anilines is 2. The number of aromatic nitrogens is 2. The fourth-order valence-electron chi connectivity index (χ4n) is 2.76. The van der Waals surface area contributed by atoms with Crippen molar-refractivity contribution in [3.05, 3.63) is 11.9 Å². The van der Waals surface area contributed by atoms with Crippen LogP contribution < -0.4 is 10.6 Å². The Labute approximate surface area is 116 Å². The predicted octanol–water partition coefficient (Wildman–Crippen LogP) is 3.45. The Morgan fingerprint density at radius 3 is 2.58 bits per heavy atom. The molecule has 0 bridgehead atoms.